The van der Waals surface area contributed by atoms with Crippen molar-refractivity contribution in [3.63, 3.8) is 0 Å². The molecule has 4 aliphatic rings. The van der Waals surface area contributed by atoms with Crippen molar-refractivity contribution in [2.45, 2.75) is 75.5 Å². The zero-order chi connectivity index (χ0) is 26.8. The van der Waals surface area contributed by atoms with E-state index in [2.05, 4.69) is 45.5 Å². The van der Waals surface area contributed by atoms with E-state index in [-0.39, 0.29) is 24.1 Å². The maximum atomic E-state index is 13.6. The minimum Gasteiger partial charge on any atom is -0.490 e. The predicted molar refractivity (Wildman–Crippen MR) is 153 cm³/mol. The normalized spacial score (nSPS) is 26.4. The van der Waals surface area contributed by atoms with Gasteiger partial charge in [-0.1, -0.05) is 23.7 Å². The molecular weight excluding hydrogens is 508 g/mol. The summed E-state index contributed by atoms with van der Waals surface area (Å²) >= 11 is 6.19. The number of benzene rings is 2. The fourth-order valence-corrected chi connectivity index (χ4v) is 7.55. The lowest BCUT2D eigenvalue weighted by molar-refractivity contribution is 0.0359. The molecule has 0 spiro atoms. The van der Waals surface area contributed by atoms with Crippen molar-refractivity contribution in [3.05, 3.63) is 64.2 Å². The lowest BCUT2D eigenvalue weighted by Gasteiger charge is -2.39. The lowest BCUT2D eigenvalue weighted by atomic mass is 9.88. The molecule has 206 valence electrons. The predicted octanol–water partition coefficient (Wildman–Crippen LogP) is 5.61. The monoisotopic (exact) mass is 546 g/mol. The molecule has 3 atom stereocenters. The molecule has 6 rings (SSSR count). The Kier molecular flexibility index (Phi) is 8.11. The van der Waals surface area contributed by atoms with Gasteiger partial charge < -0.3 is 19.9 Å². The third-order valence-corrected chi connectivity index (χ3v) is 9.79. The number of nitrogens with zero attached hydrogens (tertiary/aromatic N) is 3. The average molecular weight is 547 g/mol. The topological polar surface area (TPSA) is 68.6 Å². The number of hydrogen-bond acceptors (Lipinski definition) is 5. The highest BCUT2D eigenvalue weighted by Gasteiger charge is 2.44. The molecule has 2 aromatic carbocycles. The first-order chi connectivity index (χ1) is 19.1. The molecule has 39 heavy (non-hydrogen) atoms. The van der Waals surface area contributed by atoms with Crippen LogP contribution in [0.4, 0.5) is 0 Å². The van der Waals surface area contributed by atoms with Gasteiger partial charge in [0.25, 0.3) is 5.91 Å². The van der Waals surface area contributed by atoms with Crippen LogP contribution in [0.2, 0.25) is 5.02 Å². The average Bonchev–Trinajstić information content (AvgIpc) is 3.23. The number of fused-ring (bicyclic) bond motifs is 2. The molecule has 7 heteroatoms. The molecule has 1 unspecified atom stereocenters. The molecule has 0 aliphatic carbocycles. The zero-order valence-electron chi connectivity index (χ0n) is 22.7. The quantitative estimate of drug-likeness (QED) is 0.510. The van der Waals surface area contributed by atoms with Gasteiger partial charge in [0.1, 0.15) is 17.9 Å². The van der Waals surface area contributed by atoms with Crippen molar-refractivity contribution in [2.75, 3.05) is 32.7 Å². The van der Waals surface area contributed by atoms with Gasteiger partial charge in [-0.05, 0) is 106 Å². The van der Waals surface area contributed by atoms with Crippen LogP contribution < -0.4 is 10.1 Å². The highest BCUT2D eigenvalue weighted by Crippen LogP contribution is 2.39. The summed E-state index contributed by atoms with van der Waals surface area (Å²) in [6.07, 6.45) is 8.81. The van der Waals surface area contributed by atoms with Crippen LogP contribution in [-0.2, 0) is 0 Å². The maximum Gasteiger partial charge on any atom is 0.254 e. The minimum atomic E-state index is 0.0542. The highest BCUT2D eigenvalue weighted by atomic mass is 35.5. The second kappa shape index (κ2) is 11.9. The molecule has 0 radical (unpaired) electrons. The highest BCUT2D eigenvalue weighted by molar-refractivity contribution is 6.31. The van der Waals surface area contributed by atoms with Gasteiger partial charge in [0.15, 0.2) is 0 Å². The molecule has 2 bridgehead atoms. The van der Waals surface area contributed by atoms with Crippen molar-refractivity contribution in [2.24, 2.45) is 5.92 Å². The second-order valence-corrected chi connectivity index (χ2v) is 12.4. The van der Waals surface area contributed by atoms with Crippen LogP contribution in [0.3, 0.4) is 0 Å². The van der Waals surface area contributed by atoms with Crippen molar-refractivity contribution in [3.8, 4) is 11.8 Å². The molecular formula is C32H39ClN4O2. The van der Waals surface area contributed by atoms with Crippen LogP contribution in [0, 0.1) is 17.2 Å². The number of halogens is 1. The van der Waals surface area contributed by atoms with E-state index < -0.39 is 0 Å². The summed E-state index contributed by atoms with van der Waals surface area (Å²) in [4.78, 5) is 18.4. The lowest BCUT2D eigenvalue weighted by Crippen LogP contribution is -2.49. The van der Waals surface area contributed by atoms with Crippen molar-refractivity contribution in [1.82, 2.24) is 15.1 Å². The van der Waals surface area contributed by atoms with Crippen LogP contribution in [0.25, 0.3) is 0 Å². The Morgan fingerprint density at radius 3 is 2.31 bits per heavy atom. The first-order valence-corrected chi connectivity index (χ1v) is 15.2. The van der Waals surface area contributed by atoms with Crippen LogP contribution in [0.1, 0.15) is 78.8 Å². The Morgan fingerprint density at radius 1 is 0.974 bits per heavy atom. The number of nitrogens with one attached hydrogen (secondary N) is 1. The van der Waals surface area contributed by atoms with Gasteiger partial charge in [-0.15, -0.1) is 0 Å². The maximum absolute atomic E-state index is 13.6. The van der Waals surface area contributed by atoms with Crippen molar-refractivity contribution in [1.29, 1.82) is 5.26 Å². The minimum absolute atomic E-state index is 0.0542. The summed E-state index contributed by atoms with van der Waals surface area (Å²) in [5.41, 5.74) is 2.63. The first-order valence-electron chi connectivity index (χ1n) is 14.8. The van der Waals surface area contributed by atoms with Gasteiger partial charge in [0.05, 0.1) is 10.6 Å². The van der Waals surface area contributed by atoms with E-state index in [4.69, 9.17) is 21.6 Å². The number of likely N-dealkylation sites (tertiary alicyclic amines) is 1. The molecule has 4 aliphatic heterocycles. The molecule has 0 saturated carbocycles. The third-order valence-electron chi connectivity index (χ3n) is 9.48. The Balaban J connectivity index is 1.02. The van der Waals surface area contributed by atoms with E-state index in [1.807, 2.05) is 6.07 Å². The molecule has 2 aromatic rings. The Bertz CT molecular complexity index is 1180. The SMILES string of the molecule is N#Cc1ccc(OC2C[C@H]3CC[C@@H](C2)N3C(=O)c2ccc(C3CCN(CC4CCNCC4)CC3)cc2)cc1Cl. The zero-order valence-corrected chi connectivity index (χ0v) is 23.4. The van der Waals surface area contributed by atoms with Gasteiger partial charge in [-0.25, -0.2) is 0 Å². The molecule has 4 heterocycles. The van der Waals surface area contributed by atoms with Crippen LogP contribution in [-0.4, -0.2) is 66.6 Å². The van der Waals surface area contributed by atoms with Gasteiger partial charge in [0, 0.05) is 43.1 Å². The fourth-order valence-electron chi connectivity index (χ4n) is 7.33. The molecule has 1 amide bonds. The second-order valence-electron chi connectivity index (χ2n) is 12.0. The summed E-state index contributed by atoms with van der Waals surface area (Å²) in [7, 11) is 0. The summed E-state index contributed by atoms with van der Waals surface area (Å²) in [5, 5.41) is 13.0. The van der Waals surface area contributed by atoms with E-state index in [0.29, 0.717) is 22.3 Å². The number of carbonyl (C=O) groups excluding carboxylic acids is 1. The van der Waals surface area contributed by atoms with Crippen LogP contribution in [0.15, 0.2) is 42.5 Å². The smallest absolute Gasteiger partial charge is 0.254 e. The largest absolute Gasteiger partial charge is 0.490 e. The molecule has 6 nitrogen and oxygen atoms in total. The Morgan fingerprint density at radius 2 is 1.67 bits per heavy atom. The van der Waals surface area contributed by atoms with E-state index in [1.165, 1.54) is 64.0 Å². The van der Waals surface area contributed by atoms with Gasteiger partial charge >= 0.3 is 0 Å². The molecule has 0 aromatic heterocycles. The van der Waals surface area contributed by atoms with E-state index in [1.54, 1.807) is 12.1 Å². The van der Waals surface area contributed by atoms with E-state index in [9.17, 15) is 4.79 Å². The number of rotatable bonds is 6. The Labute approximate surface area is 237 Å². The van der Waals surface area contributed by atoms with Gasteiger partial charge in [-0.2, -0.15) is 5.26 Å². The summed E-state index contributed by atoms with van der Waals surface area (Å²) in [5.74, 6) is 2.30. The fraction of sp³-hybridized carbons (Fsp3) is 0.562. The van der Waals surface area contributed by atoms with Crippen LogP contribution >= 0.6 is 11.6 Å². The van der Waals surface area contributed by atoms with E-state index >= 15 is 0 Å². The first kappa shape index (κ1) is 26.6. The number of piperidine rings is 3. The number of nitriles is 1. The number of amides is 1. The molecule has 1 N–H and O–H groups in total. The Hall–Kier alpha value is -2.59. The van der Waals surface area contributed by atoms with Crippen molar-refractivity contribution < 1.29 is 9.53 Å². The number of carbonyl (C=O) groups is 1. The third kappa shape index (κ3) is 5.96. The molecule has 4 fully saturated rings. The number of ether oxygens (including phenoxy) is 1. The summed E-state index contributed by atoms with van der Waals surface area (Å²) < 4.78 is 6.25. The van der Waals surface area contributed by atoms with Crippen molar-refractivity contribution >= 4 is 17.5 Å². The van der Waals surface area contributed by atoms with Crippen LogP contribution in [0.5, 0.6) is 5.75 Å². The van der Waals surface area contributed by atoms with Gasteiger partial charge in [0.2, 0.25) is 0 Å². The summed E-state index contributed by atoms with van der Waals surface area (Å²) in [6.45, 7) is 5.97. The number of hydrogen-bond donors (Lipinski definition) is 1. The van der Waals surface area contributed by atoms with Gasteiger partial charge in [-0.3, -0.25) is 4.79 Å². The summed E-state index contributed by atoms with van der Waals surface area (Å²) in [6, 6.07) is 16.2. The van der Waals surface area contributed by atoms with E-state index in [0.717, 1.165) is 37.2 Å². The molecule has 4 saturated heterocycles. The standard InChI is InChI=1S/C32H39ClN4O2/c33-31-19-29(8-5-26(31)20-34)39-30-17-27-6-7-28(18-30)37(27)32(38)25-3-1-23(2-4-25)24-11-15-36(16-12-24)21-22-9-13-35-14-10-22/h1-5,8,19,22,24,27-28,30,35H,6-7,9-18,21H2/t27-,28+,30?.